The third-order valence-corrected chi connectivity index (χ3v) is 2.60. The van der Waals surface area contributed by atoms with Crippen LogP contribution in [0.2, 0.25) is 0 Å². The monoisotopic (exact) mass is 233 g/mol. The quantitative estimate of drug-likeness (QED) is 0.535. The first-order valence-electron chi connectivity index (χ1n) is 5.45. The molecule has 0 amide bonds. The summed E-state index contributed by atoms with van der Waals surface area (Å²) in [5.74, 6) is -0.447. The topological polar surface area (TPSA) is 78.8 Å². The zero-order chi connectivity index (χ0) is 12.8. The SMILES string of the molecule is COC(=O)C(C)CC(C)NC(C)(CO)CO. The summed E-state index contributed by atoms with van der Waals surface area (Å²) < 4.78 is 4.63. The number of ether oxygens (including phenoxy) is 1. The highest BCUT2D eigenvalue weighted by molar-refractivity contribution is 5.71. The molecule has 0 aromatic rings. The molecule has 5 heteroatoms. The van der Waals surface area contributed by atoms with E-state index in [9.17, 15) is 4.79 Å². The molecule has 0 aliphatic carbocycles. The Morgan fingerprint density at radius 2 is 1.88 bits per heavy atom. The molecular weight excluding hydrogens is 210 g/mol. The van der Waals surface area contributed by atoms with E-state index in [0.29, 0.717) is 6.42 Å². The van der Waals surface area contributed by atoms with Crippen molar-refractivity contribution in [3.63, 3.8) is 0 Å². The summed E-state index contributed by atoms with van der Waals surface area (Å²) in [4.78, 5) is 11.2. The van der Waals surface area contributed by atoms with E-state index in [1.807, 2.05) is 6.92 Å². The van der Waals surface area contributed by atoms with Crippen LogP contribution in [0.1, 0.15) is 27.2 Å². The van der Waals surface area contributed by atoms with Gasteiger partial charge in [-0.3, -0.25) is 4.79 Å². The van der Waals surface area contributed by atoms with Crippen molar-refractivity contribution in [3.8, 4) is 0 Å². The molecule has 2 unspecified atom stereocenters. The minimum absolute atomic E-state index is 0.0124. The van der Waals surface area contributed by atoms with Crippen molar-refractivity contribution in [2.75, 3.05) is 20.3 Å². The van der Waals surface area contributed by atoms with Crippen molar-refractivity contribution in [3.05, 3.63) is 0 Å². The number of carbonyl (C=O) groups is 1. The van der Waals surface area contributed by atoms with Crippen LogP contribution in [0.3, 0.4) is 0 Å². The van der Waals surface area contributed by atoms with Gasteiger partial charge in [-0.1, -0.05) is 6.92 Å². The van der Waals surface area contributed by atoms with Crippen LogP contribution in [0, 0.1) is 5.92 Å². The number of aliphatic hydroxyl groups excluding tert-OH is 2. The first kappa shape index (κ1) is 15.3. The highest BCUT2D eigenvalue weighted by atomic mass is 16.5. The van der Waals surface area contributed by atoms with Gasteiger partial charge >= 0.3 is 5.97 Å². The average Bonchev–Trinajstić information content (AvgIpc) is 2.27. The van der Waals surface area contributed by atoms with Crippen molar-refractivity contribution in [1.82, 2.24) is 5.32 Å². The molecule has 0 saturated heterocycles. The summed E-state index contributed by atoms with van der Waals surface area (Å²) in [6.45, 7) is 5.12. The molecule has 0 aliphatic rings. The number of hydrogen-bond donors (Lipinski definition) is 3. The van der Waals surface area contributed by atoms with Gasteiger partial charge in [0.2, 0.25) is 0 Å². The van der Waals surface area contributed by atoms with Crippen molar-refractivity contribution >= 4 is 5.97 Å². The molecule has 0 bridgehead atoms. The summed E-state index contributed by atoms with van der Waals surface area (Å²) in [5.41, 5.74) is -0.713. The number of hydrogen-bond acceptors (Lipinski definition) is 5. The summed E-state index contributed by atoms with van der Waals surface area (Å²) in [6, 6.07) is 0.0124. The first-order valence-corrected chi connectivity index (χ1v) is 5.45. The lowest BCUT2D eigenvalue weighted by Crippen LogP contribution is -2.53. The number of aliphatic hydroxyl groups is 2. The Hall–Kier alpha value is -0.650. The third-order valence-electron chi connectivity index (χ3n) is 2.60. The summed E-state index contributed by atoms with van der Waals surface area (Å²) in [7, 11) is 1.36. The Morgan fingerprint density at radius 3 is 2.25 bits per heavy atom. The molecule has 0 aromatic heterocycles. The fourth-order valence-electron chi connectivity index (χ4n) is 1.62. The van der Waals surface area contributed by atoms with E-state index >= 15 is 0 Å². The van der Waals surface area contributed by atoms with Gasteiger partial charge in [0.25, 0.3) is 0 Å². The fraction of sp³-hybridized carbons (Fsp3) is 0.909. The number of nitrogens with one attached hydrogen (secondary N) is 1. The molecule has 96 valence electrons. The lowest BCUT2D eigenvalue weighted by Gasteiger charge is -2.31. The van der Waals surface area contributed by atoms with Crippen molar-refractivity contribution in [1.29, 1.82) is 0 Å². The van der Waals surface area contributed by atoms with Gasteiger partial charge in [-0.25, -0.2) is 0 Å². The van der Waals surface area contributed by atoms with Gasteiger partial charge in [-0.15, -0.1) is 0 Å². The minimum Gasteiger partial charge on any atom is -0.469 e. The molecule has 0 heterocycles. The molecule has 3 N–H and O–H groups in total. The van der Waals surface area contributed by atoms with E-state index in [-0.39, 0.29) is 31.1 Å². The number of carbonyl (C=O) groups excluding carboxylic acids is 1. The van der Waals surface area contributed by atoms with E-state index < -0.39 is 5.54 Å². The minimum atomic E-state index is -0.713. The second-order valence-corrected chi connectivity index (χ2v) is 4.58. The molecule has 16 heavy (non-hydrogen) atoms. The molecule has 0 radical (unpaired) electrons. The summed E-state index contributed by atoms with van der Waals surface area (Å²) >= 11 is 0. The van der Waals surface area contributed by atoms with Gasteiger partial charge in [0.05, 0.1) is 31.8 Å². The second-order valence-electron chi connectivity index (χ2n) is 4.58. The van der Waals surface area contributed by atoms with Gasteiger partial charge < -0.3 is 20.3 Å². The number of esters is 1. The Morgan fingerprint density at radius 1 is 1.38 bits per heavy atom. The molecule has 2 atom stereocenters. The lowest BCUT2D eigenvalue weighted by molar-refractivity contribution is -0.145. The summed E-state index contributed by atoms with van der Waals surface area (Å²) in [5, 5.41) is 21.3. The summed E-state index contributed by atoms with van der Waals surface area (Å²) in [6.07, 6.45) is 0.599. The first-order chi connectivity index (χ1) is 7.38. The molecule has 0 spiro atoms. The largest absolute Gasteiger partial charge is 0.469 e. The average molecular weight is 233 g/mol. The Labute approximate surface area is 96.8 Å². The maximum absolute atomic E-state index is 11.2. The van der Waals surface area contributed by atoms with Crippen LogP contribution < -0.4 is 5.32 Å². The number of rotatable bonds is 7. The van der Waals surface area contributed by atoms with Gasteiger partial charge in [0.1, 0.15) is 0 Å². The zero-order valence-electron chi connectivity index (χ0n) is 10.5. The molecule has 0 aliphatic heterocycles. The van der Waals surface area contributed by atoms with E-state index in [1.54, 1.807) is 13.8 Å². The molecule has 0 aromatic carbocycles. The van der Waals surface area contributed by atoms with Crippen LogP contribution in [0.25, 0.3) is 0 Å². The van der Waals surface area contributed by atoms with Crippen molar-refractivity contribution in [2.45, 2.75) is 38.8 Å². The lowest BCUT2D eigenvalue weighted by atomic mass is 9.98. The van der Waals surface area contributed by atoms with Crippen molar-refractivity contribution < 1.29 is 19.7 Å². The molecular formula is C11H23NO4. The van der Waals surface area contributed by atoms with E-state index in [1.165, 1.54) is 7.11 Å². The smallest absolute Gasteiger partial charge is 0.308 e. The second kappa shape index (κ2) is 6.83. The van der Waals surface area contributed by atoms with Crippen LogP contribution in [0.15, 0.2) is 0 Å². The molecule has 0 fully saturated rings. The van der Waals surface area contributed by atoms with E-state index in [4.69, 9.17) is 10.2 Å². The van der Waals surface area contributed by atoms with Crippen LogP contribution in [-0.2, 0) is 9.53 Å². The predicted molar refractivity (Wildman–Crippen MR) is 61.0 cm³/mol. The van der Waals surface area contributed by atoms with E-state index in [0.717, 1.165) is 0 Å². The molecule has 0 saturated carbocycles. The van der Waals surface area contributed by atoms with Crippen molar-refractivity contribution in [2.24, 2.45) is 5.92 Å². The van der Waals surface area contributed by atoms with Gasteiger partial charge in [-0.2, -0.15) is 0 Å². The fourth-order valence-corrected chi connectivity index (χ4v) is 1.62. The molecule has 0 rings (SSSR count). The standard InChI is InChI=1S/C11H23NO4/c1-8(10(15)16-4)5-9(2)12-11(3,6-13)7-14/h8-9,12-14H,5-7H2,1-4H3. The van der Waals surface area contributed by atoms with Gasteiger partial charge in [0, 0.05) is 6.04 Å². The van der Waals surface area contributed by atoms with Gasteiger partial charge in [-0.05, 0) is 20.3 Å². The predicted octanol–water partition coefficient (Wildman–Crippen LogP) is -0.0930. The van der Waals surface area contributed by atoms with Crippen LogP contribution in [-0.4, -0.2) is 48.1 Å². The maximum atomic E-state index is 11.2. The highest BCUT2D eigenvalue weighted by Gasteiger charge is 2.26. The Balaban J connectivity index is 4.16. The zero-order valence-corrected chi connectivity index (χ0v) is 10.5. The van der Waals surface area contributed by atoms with Crippen LogP contribution in [0.5, 0.6) is 0 Å². The third kappa shape index (κ3) is 4.92. The normalized spacial score (nSPS) is 15.6. The van der Waals surface area contributed by atoms with Crippen LogP contribution >= 0.6 is 0 Å². The highest BCUT2D eigenvalue weighted by Crippen LogP contribution is 2.11. The van der Waals surface area contributed by atoms with Crippen LogP contribution in [0.4, 0.5) is 0 Å². The molecule has 5 nitrogen and oxygen atoms in total. The Kier molecular flexibility index (Phi) is 6.55. The number of methoxy groups -OCH3 is 1. The maximum Gasteiger partial charge on any atom is 0.308 e. The van der Waals surface area contributed by atoms with E-state index in [2.05, 4.69) is 10.1 Å². The van der Waals surface area contributed by atoms with Gasteiger partial charge in [0.15, 0.2) is 0 Å². The Bertz CT molecular complexity index is 216.